The highest BCUT2D eigenvalue weighted by atomic mass is 16.4. The first-order chi connectivity index (χ1) is 32.1. The van der Waals surface area contributed by atoms with Crippen LogP contribution in [0.3, 0.4) is 0 Å². The third kappa shape index (κ3) is 8.71. The van der Waals surface area contributed by atoms with Crippen LogP contribution in [0.1, 0.15) is 198 Å². The predicted octanol–water partition coefficient (Wildman–Crippen LogP) is 17.2. The van der Waals surface area contributed by atoms with Crippen LogP contribution in [0, 0.1) is 46.8 Å². The summed E-state index contributed by atoms with van der Waals surface area (Å²) in [5.74, 6) is 4.21. The first kappa shape index (κ1) is 50.5. The lowest BCUT2D eigenvalue weighted by Gasteiger charge is -2.51. The summed E-state index contributed by atoms with van der Waals surface area (Å²) in [6.45, 7) is 41.6. The van der Waals surface area contributed by atoms with Crippen LogP contribution in [-0.2, 0) is 10.8 Å². The molecule has 2 aromatic rings. The molecule has 0 radical (unpaired) electrons. The summed E-state index contributed by atoms with van der Waals surface area (Å²) in [5, 5.41) is 0. The van der Waals surface area contributed by atoms with Gasteiger partial charge in [-0.2, -0.15) is 0 Å². The summed E-state index contributed by atoms with van der Waals surface area (Å²) in [6.07, 6.45) is 39.1. The van der Waals surface area contributed by atoms with Crippen molar-refractivity contribution < 1.29 is 4.42 Å². The molecule has 5 unspecified atom stereocenters. The lowest BCUT2D eigenvalue weighted by molar-refractivity contribution is 0.0343. The maximum Gasteiger partial charge on any atom is 0.256 e. The van der Waals surface area contributed by atoms with E-state index in [-0.39, 0.29) is 39.8 Å². The van der Waals surface area contributed by atoms with Crippen molar-refractivity contribution in [2.24, 2.45) is 39.9 Å². The average Bonchev–Trinajstić information content (AvgIpc) is 3.72. The first-order valence-corrected chi connectivity index (χ1v) is 27.5. The summed E-state index contributed by atoms with van der Waals surface area (Å²) in [7, 11) is 0. The molecule has 0 bridgehead atoms. The second-order valence-corrected chi connectivity index (χ2v) is 25.6. The topological polar surface area (TPSA) is 19.6 Å². The zero-order valence-corrected chi connectivity index (χ0v) is 46.1. The molecule has 0 spiro atoms. The second-order valence-electron chi connectivity index (χ2n) is 25.6. The molecular weight excluding hydrogens is 824 g/mol. The Bertz CT molecular complexity index is 2500. The number of benzene rings is 1. The van der Waals surface area contributed by atoms with E-state index in [1.54, 1.807) is 11.1 Å². The Labute approximate surface area is 416 Å². The van der Waals surface area contributed by atoms with Crippen LogP contribution < -0.4 is 20.7 Å². The smallest absolute Gasteiger partial charge is 0.256 e. The van der Waals surface area contributed by atoms with Gasteiger partial charge in [-0.25, -0.2) is 0 Å². The standard InChI is InChI=1S/C64H91BN2O/c1-18-23-24-25-26-27-28-48-49(62(12,13)33-32-61(48,10)11)31-36-66-52-39-45(21-4)47(43(7)19-2)41-51(52)65-56-53(66)37-42(6)38-54(56)67(46-30-29-44(20-3)50(40-46)60(8,9)22-5)59-57(65)55-58(68-59)64(16,17)35-34-63(55,14)15/h18,23-25,27-31,36-38,41,43,45-46,48-49H,19-22,26,32-35,39-40H2,1-17H3/b23-18-,25-24-,28-27+,36-31+. The highest BCUT2D eigenvalue weighted by Gasteiger charge is 2.54. The number of nitrogens with zero attached hydrogens (tertiary/aromatic N) is 2. The fraction of sp³-hybridized carbons (Fsp3) is 0.594. The molecule has 3 heterocycles. The van der Waals surface area contributed by atoms with E-state index >= 15 is 0 Å². The van der Waals surface area contributed by atoms with Crippen molar-refractivity contribution >= 4 is 34.9 Å². The van der Waals surface area contributed by atoms with Gasteiger partial charge in [-0.3, -0.25) is 0 Å². The van der Waals surface area contributed by atoms with Crippen LogP contribution in [0.5, 0.6) is 0 Å². The minimum absolute atomic E-state index is 0.0188. The van der Waals surface area contributed by atoms with E-state index in [9.17, 15) is 0 Å². The second kappa shape index (κ2) is 18.7. The van der Waals surface area contributed by atoms with Gasteiger partial charge in [0.1, 0.15) is 5.76 Å². The molecule has 5 atom stereocenters. The summed E-state index contributed by atoms with van der Waals surface area (Å²) in [6, 6.07) is 5.23. The lowest BCUT2D eigenvalue weighted by atomic mass is 9.31. The van der Waals surface area contributed by atoms with Crippen LogP contribution in [0.2, 0.25) is 0 Å². The van der Waals surface area contributed by atoms with E-state index in [1.165, 1.54) is 68.8 Å². The largest absolute Gasteiger partial charge is 0.445 e. The van der Waals surface area contributed by atoms with Crippen molar-refractivity contribution in [2.45, 2.75) is 205 Å². The maximum atomic E-state index is 7.71. The zero-order valence-electron chi connectivity index (χ0n) is 46.1. The molecule has 6 aliphatic rings. The van der Waals surface area contributed by atoms with Gasteiger partial charge in [0.05, 0.1) is 6.04 Å². The van der Waals surface area contributed by atoms with Crippen LogP contribution in [0.25, 0.3) is 0 Å². The van der Waals surface area contributed by atoms with Crippen molar-refractivity contribution in [1.29, 1.82) is 0 Å². The first-order valence-electron chi connectivity index (χ1n) is 27.5. The molecule has 1 aromatic carbocycles. The quantitative estimate of drug-likeness (QED) is 0.113. The Morgan fingerprint density at radius 2 is 1.51 bits per heavy atom. The van der Waals surface area contributed by atoms with Crippen LogP contribution in [0.15, 0.2) is 111 Å². The molecule has 8 rings (SSSR count). The monoisotopic (exact) mass is 915 g/mol. The summed E-state index contributed by atoms with van der Waals surface area (Å²) >= 11 is 0. The van der Waals surface area contributed by atoms with E-state index in [4.69, 9.17) is 4.42 Å². The van der Waals surface area contributed by atoms with Gasteiger partial charge >= 0.3 is 0 Å². The van der Waals surface area contributed by atoms with Gasteiger partial charge in [0, 0.05) is 28.7 Å². The Hall–Kier alpha value is -3.92. The van der Waals surface area contributed by atoms with Crippen molar-refractivity contribution in [3.8, 4) is 0 Å². The number of hydrogen-bond acceptors (Lipinski definition) is 3. The number of rotatable bonds is 13. The van der Waals surface area contributed by atoms with Gasteiger partial charge in [0.2, 0.25) is 0 Å². The molecule has 4 aliphatic carbocycles. The van der Waals surface area contributed by atoms with E-state index in [0.29, 0.717) is 23.7 Å². The predicted molar refractivity (Wildman–Crippen MR) is 297 cm³/mol. The molecule has 3 nitrogen and oxygen atoms in total. The highest BCUT2D eigenvalue weighted by Crippen LogP contribution is 2.56. The summed E-state index contributed by atoms with van der Waals surface area (Å²) in [4.78, 5) is 5.46. The van der Waals surface area contributed by atoms with Gasteiger partial charge in [0.15, 0.2) is 5.88 Å². The van der Waals surface area contributed by atoms with E-state index in [1.807, 2.05) is 0 Å². The summed E-state index contributed by atoms with van der Waals surface area (Å²) in [5.41, 5.74) is 16.7. The van der Waals surface area contributed by atoms with Crippen LogP contribution in [-0.4, -0.2) is 12.8 Å². The molecule has 68 heavy (non-hydrogen) atoms. The van der Waals surface area contributed by atoms with Crippen molar-refractivity contribution in [3.63, 3.8) is 0 Å². The van der Waals surface area contributed by atoms with E-state index in [0.717, 1.165) is 63.7 Å². The molecule has 0 N–H and O–H groups in total. The molecule has 0 amide bonds. The van der Waals surface area contributed by atoms with Gasteiger partial charge < -0.3 is 14.2 Å². The Morgan fingerprint density at radius 1 is 0.838 bits per heavy atom. The van der Waals surface area contributed by atoms with Crippen LogP contribution >= 0.6 is 0 Å². The molecule has 366 valence electrons. The van der Waals surface area contributed by atoms with Crippen LogP contribution in [0.4, 0.5) is 17.3 Å². The fourth-order valence-corrected chi connectivity index (χ4v) is 13.7. The molecular formula is C64H91BN2O. The van der Waals surface area contributed by atoms with Crippen molar-refractivity contribution in [2.75, 3.05) is 9.80 Å². The number of hydrogen-bond donors (Lipinski definition) is 0. The van der Waals surface area contributed by atoms with Gasteiger partial charge in [-0.1, -0.05) is 176 Å². The van der Waals surface area contributed by atoms with Gasteiger partial charge in [0.25, 0.3) is 6.71 Å². The Kier molecular flexibility index (Phi) is 13.9. The van der Waals surface area contributed by atoms with Crippen molar-refractivity contribution in [1.82, 2.24) is 0 Å². The average molecular weight is 915 g/mol. The third-order valence-corrected chi connectivity index (χ3v) is 18.9. The van der Waals surface area contributed by atoms with E-state index < -0.39 is 0 Å². The van der Waals surface area contributed by atoms with Gasteiger partial charge in [-0.05, 0) is 175 Å². The molecule has 1 saturated carbocycles. The highest BCUT2D eigenvalue weighted by molar-refractivity contribution is 6.95. The number of furan rings is 1. The lowest BCUT2D eigenvalue weighted by Crippen LogP contribution is -2.59. The normalized spacial score (nSPS) is 26.5. The van der Waals surface area contributed by atoms with Crippen molar-refractivity contribution in [3.05, 3.63) is 124 Å². The molecule has 2 aliphatic heterocycles. The summed E-state index contributed by atoms with van der Waals surface area (Å²) < 4.78 is 7.71. The molecule has 1 aromatic heterocycles. The minimum atomic E-state index is -0.0570. The van der Waals surface area contributed by atoms with E-state index in [2.05, 4.69) is 207 Å². The molecule has 1 fully saturated rings. The third-order valence-electron chi connectivity index (χ3n) is 18.9. The Morgan fingerprint density at radius 3 is 2.16 bits per heavy atom. The number of aryl methyl sites for hydroxylation is 1. The maximum absolute atomic E-state index is 7.71. The molecule has 4 heteroatoms. The minimum Gasteiger partial charge on any atom is -0.445 e. The zero-order chi connectivity index (χ0) is 49.3. The number of allylic oxidation sites excluding steroid dienone is 13. The Balaban J connectivity index is 1.40. The number of anilines is 3. The van der Waals surface area contributed by atoms with Gasteiger partial charge in [-0.15, -0.1) is 0 Å². The number of fused-ring (bicyclic) bond motifs is 5. The fourth-order valence-electron chi connectivity index (χ4n) is 13.7. The SMILES string of the molecule is C/C=C\C=C/C/C=C/C1C(/C=C/N2C3=C(C=C(C(C)CC)C(CC)C3)B3c4c2cc(C)cc4N(C2C=CC(CC)=C(C(C)(C)CC)C2)c2oc4c(c23)C(C)(C)CCC4(C)C)C(C)(C)CCC1(C)C. The molecule has 0 saturated heterocycles.